The number of rotatable bonds is 6. The van der Waals surface area contributed by atoms with Gasteiger partial charge in [-0.1, -0.05) is 53.8 Å². The average Bonchev–Trinajstić information content (AvgIpc) is 3.22. The van der Waals surface area contributed by atoms with Gasteiger partial charge in [-0.3, -0.25) is 14.2 Å². The van der Waals surface area contributed by atoms with Gasteiger partial charge < -0.3 is 14.8 Å². The third-order valence-corrected chi connectivity index (χ3v) is 7.10. The van der Waals surface area contributed by atoms with Crippen LogP contribution in [-0.2, 0) is 4.79 Å². The standard InChI is InChI=1S/C29H25N3O4S/c1-18-25(27(33)31-21-9-5-4-6-10-21)26(20-12-14-22(35-2)15-13-20)32-28(34)24(37-29(32)30-18)17-19-8-7-11-23(16-19)36-3/h4-17,26H,1-3H3,(H,31,33)/b24-17+. The Morgan fingerprint density at radius 3 is 2.41 bits per heavy atom. The van der Waals surface area contributed by atoms with E-state index in [9.17, 15) is 9.59 Å². The van der Waals surface area contributed by atoms with E-state index in [1.807, 2.05) is 84.9 Å². The SMILES string of the molecule is COc1ccc(C2C(C(=O)Nc3ccccc3)=C(C)N=c3s/c(=C/c4cccc(OC)c4)c(=O)n32)cc1. The molecule has 0 aliphatic carbocycles. The van der Waals surface area contributed by atoms with E-state index in [1.165, 1.54) is 11.3 Å². The molecule has 1 amide bonds. The number of carbonyl (C=O) groups excluding carboxylic acids is 1. The zero-order valence-electron chi connectivity index (χ0n) is 20.6. The Labute approximate surface area is 217 Å². The van der Waals surface area contributed by atoms with E-state index in [0.717, 1.165) is 11.1 Å². The molecule has 1 aromatic heterocycles. The summed E-state index contributed by atoms with van der Waals surface area (Å²) < 4.78 is 12.8. The average molecular weight is 512 g/mol. The van der Waals surface area contributed by atoms with Crippen LogP contribution in [0.5, 0.6) is 11.5 Å². The molecule has 5 rings (SSSR count). The summed E-state index contributed by atoms with van der Waals surface area (Å²) in [6.07, 6.45) is 1.82. The number of nitrogens with one attached hydrogen (secondary N) is 1. The highest BCUT2D eigenvalue weighted by molar-refractivity contribution is 7.07. The molecule has 37 heavy (non-hydrogen) atoms. The lowest BCUT2D eigenvalue weighted by Gasteiger charge is -2.25. The summed E-state index contributed by atoms with van der Waals surface area (Å²) in [5.41, 5.74) is 3.03. The molecule has 4 aromatic rings. The third kappa shape index (κ3) is 4.83. The van der Waals surface area contributed by atoms with Gasteiger partial charge in [-0.05, 0) is 60.5 Å². The monoisotopic (exact) mass is 511 g/mol. The largest absolute Gasteiger partial charge is 0.497 e. The zero-order valence-corrected chi connectivity index (χ0v) is 21.4. The number of anilines is 1. The molecule has 1 aliphatic rings. The second-order valence-corrected chi connectivity index (χ2v) is 9.46. The number of allylic oxidation sites excluding steroid dienone is 1. The summed E-state index contributed by atoms with van der Waals surface area (Å²) in [7, 11) is 3.20. The van der Waals surface area contributed by atoms with Gasteiger partial charge in [0.15, 0.2) is 4.80 Å². The second-order valence-electron chi connectivity index (χ2n) is 8.45. The molecular weight excluding hydrogens is 486 g/mol. The van der Waals surface area contributed by atoms with E-state index in [4.69, 9.17) is 9.47 Å². The Kier molecular flexibility index (Phi) is 6.74. The van der Waals surface area contributed by atoms with Crippen LogP contribution in [0.25, 0.3) is 6.08 Å². The molecule has 0 bridgehead atoms. The molecule has 1 unspecified atom stereocenters. The van der Waals surface area contributed by atoms with Crippen molar-refractivity contribution >= 4 is 29.0 Å². The van der Waals surface area contributed by atoms with Crippen molar-refractivity contribution in [2.24, 2.45) is 4.99 Å². The minimum absolute atomic E-state index is 0.218. The molecule has 0 fully saturated rings. The van der Waals surface area contributed by atoms with Gasteiger partial charge >= 0.3 is 0 Å². The second kappa shape index (κ2) is 10.3. The van der Waals surface area contributed by atoms with Crippen LogP contribution in [-0.4, -0.2) is 24.7 Å². The number of amides is 1. The van der Waals surface area contributed by atoms with Gasteiger partial charge in [0.1, 0.15) is 11.5 Å². The van der Waals surface area contributed by atoms with Crippen molar-refractivity contribution in [2.75, 3.05) is 19.5 Å². The number of methoxy groups -OCH3 is 2. The van der Waals surface area contributed by atoms with E-state index >= 15 is 0 Å². The first kappa shape index (κ1) is 24.3. The van der Waals surface area contributed by atoms with Crippen molar-refractivity contribution in [1.29, 1.82) is 0 Å². The fraction of sp³-hybridized carbons (Fsp3) is 0.138. The maximum Gasteiger partial charge on any atom is 0.271 e. The number of hydrogen-bond acceptors (Lipinski definition) is 6. The molecule has 0 saturated heterocycles. The van der Waals surface area contributed by atoms with Crippen LogP contribution in [0.2, 0.25) is 0 Å². The smallest absolute Gasteiger partial charge is 0.271 e. The normalized spacial score (nSPS) is 15.1. The van der Waals surface area contributed by atoms with Crippen LogP contribution in [0.4, 0.5) is 5.69 Å². The van der Waals surface area contributed by atoms with Gasteiger partial charge in [0, 0.05) is 5.69 Å². The lowest BCUT2D eigenvalue weighted by atomic mass is 9.95. The fourth-order valence-electron chi connectivity index (χ4n) is 4.32. The molecule has 1 aliphatic heterocycles. The van der Waals surface area contributed by atoms with E-state index in [-0.39, 0.29) is 11.5 Å². The van der Waals surface area contributed by atoms with Crippen LogP contribution in [0, 0.1) is 0 Å². The van der Waals surface area contributed by atoms with Crippen LogP contribution in [0.3, 0.4) is 0 Å². The molecule has 8 heteroatoms. The number of hydrogen-bond donors (Lipinski definition) is 1. The van der Waals surface area contributed by atoms with E-state index in [0.29, 0.717) is 37.8 Å². The first-order valence-corrected chi connectivity index (χ1v) is 12.5. The predicted octanol–water partition coefficient (Wildman–Crippen LogP) is 3.89. The molecule has 0 saturated carbocycles. The number of aromatic nitrogens is 1. The first-order chi connectivity index (χ1) is 18.0. The van der Waals surface area contributed by atoms with Crippen molar-refractivity contribution in [3.05, 3.63) is 121 Å². The fourth-order valence-corrected chi connectivity index (χ4v) is 5.36. The lowest BCUT2D eigenvalue weighted by molar-refractivity contribution is -0.113. The van der Waals surface area contributed by atoms with Gasteiger partial charge in [0.25, 0.3) is 11.5 Å². The van der Waals surface area contributed by atoms with E-state index < -0.39 is 6.04 Å². The highest BCUT2D eigenvalue weighted by Crippen LogP contribution is 2.31. The highest BCUT2D eigenvalue weighted by atomic mass is 32.1. The number of benzene rings is 3. The Morgan fingerprint density at radius 1 is 0.973 bits per heavy atom. The van der Waals surface area contributed by atoms with Crippen molar-refractivity contribution < 1.29 is 14.3 Å². The summed E-state index contributed by atoms with van der Waals surface area (Å²) in [6.45, 7) is 1.80. The van der Waals surface area contributed by atoms with Crippen molar-refractivity contribution in [1.82, 2.24) is 4.57 Å². The molecule has 1 N–H and O–H groups in total. The van der Waals surface area contributed by atoms with Crippen LogP contribution < -0.4 is 29.7 Å². The molecule has 7 nitrogen and oxygen atoms in total. The topological polar surface area (TPSA) is 81.9 Å². The zero-order chi connectivity index (χ0) is 25.9. The van der Waals surface area contributed by atoms with Crippen LogP contribution >= 0.6 is 11.3 Å². The van der Waals surface area contributed by atoms with Gasteiger partial charge in [-0.15, -0.1) is 0 Å². The predicted molar refractivity (Wildman–Crippen MR) is 145 cm³/mol. The minimum atomic E-state index is -0.654. The Bertz CT molecular complexity index is 1670. The maximum atomic E-state index is 13.8. The Hall–Kier alpha value is -4.43. The Balaban J connectivity index is 1.67. The molecule has 186 valence electrons. The summed E-state index contributed by atoms with van der Waals surface area (Å²) in [6, 6.07) is 23.5. The first-order valence-electron chi connectivity index (χ1n) is 11.7. The van der Waals surface area contributed by atoms with Gasteiger partial charge in [0.05, 0.1) is 36.1 Å². The molecule has 0 spiro atoms. The number of ether oxygens (including phenoxy) is 2. The summed E-state index contributed by atoms with van der Waals surface area (Å²) in [4.78, 5) is 32.6. The van der Waals surface area contributed by atoms with Gasteiger partial charge in [-0.2, -0.15) is 0 Å². The molecule has 2 heterocycles. The van der Waals surface area contributed by atoms with Crippen LogP contribution in [0.15, 0.2) is 99.9 Å². The van der Waals surface area contributed by atoms with Gasteiger partial charge in [-0.25, -0.2) is 4.99 Å². The Morgan fingerprint density at radius 2 is 1.70 bits per heavy atom. The molecule has 3 aromatic carbocycles. The van der Waals surface area contributed by atoms with Crippen molar-refractivity contribution in [3.8, 4) is 11.5 Å². The number of fused-ring (bicyclic) bond motifs is 1. The quantitative estimate of drug-likeness (QED) is 0.426. The number of thiazole rings is 1. The maximum absolute atomic E-state index is 13.8. The number of nitrogens with zero attached hydrogens (tertiary/aromatic N) is 2. The molecule has 0 radical (unpaired) electrons. The van der Waals surface area contributed by atoms with E-state index in [2.05, 4.69) is 10.3 Å². The minimum Gasteiger partial charge on any atom is -0.497 e. The molecular formula is C29H25N3O4S. The number of para-hydroxylation sites is 1. The summed E-state index contributed by atoms with van der Waals surface area (Å²) in [5, 5.41) is 2.96. The summed E-state index contributed by atoms with van der Waals surface area (Å²) >= 11 is 1.29. The summed E-state index contributed by atoms with van der Waals surface area (Å²) in [5.74, 6) is 1.08. The lowest BCUT2D eigenvalue weighted by Crippen LogP contribution is -2.40. The highest BCUT2D eigenvalue weighted by Gasteiger charge is 2.32. The van der Waals surface area contributed by atoms with Crippen molar-refractivity contribution in [2.45, 2.75) is 13.0 Å². The van der Waals surface area contributed by atoms with E-state index in [1.54, 1.807) is 25.7 Å². The van der Waals surface area contributed by atoms with Gasteiger partial charge in [0.2, 0.25) is 0 Å². The van der Waals surface area contributed by atoms with Crippen molar-refractivity contribution in [3.63, 3.8) is 0 Å². The number of carbonyl (C=O) groups is 1. The third-order valence-electron chi connectivity index (χ3n) is 6.12. The van der Waals surface area contributed by atoms with Crippen LogP contribution in [0.1, 0.15) is 24.1 Å². The molecule has 1 atom stereocenters.